The molecule has 0 bridgehead atoms. The normalized spacial score (nSPS) is 12.2. The molecule has 19 heavy (non-hydrogen) atoms. The molecule has 0 aliphatic rings. The van der Waals surface area contributed by atoms with Crippen LogP contribution < -0.4 is 10.6 Å². The zero-order chi connectivity index (χ0) is 14.4. The summed E-state index contributed by atoms with van der Waals surface area (Å²) in [6.07, 6.45) is 1.69. The monoisotopic (exact) mass is 270 g/mol. The van der Waals surface area contributed by atoms with Gasteiger partial charge in [-0.1, -0.05) is 0 Å². The lowest BCUT2D eigenvalue weighted by Crippen LogP contribution is -2.32. The lowest BCUT2D eigenvalue weighted by molar-refractivity contribution is -0.146. The van der Waals surface area contributed by atoms with Crippen molar-refractivity contribution < 1.29 is 19.8 Å². The van der Waals surface area contributed by atoms with Crippen LogP contribution >= 0.6 is 0 Å². The molecule has 8 nitrogen and oxygen atoms in total. The highest BCUT2D eigenvalue weighted by Crippen LogP contribution is 2.09. The zero-order valence-electron chi connectivity index (χ0n) is 10.8. The van der Waals surface area contributed by atoms with Crippen LogP contribution in [0.25, 0.3) is 0 Å². The Morgan fingerprint density at radius 1 is 1.47 bits per heavy atom. The second kappa shape index (κ2) is 6.74. The number of nitrogens with zero attached hydrogens (tertiary/aromatic N) is 2. The van der Waals surface area contributed by atoms with Crippen LogP contribution in [0.3, 0.4) is 0 Å². The molecule has 0 saturated carbocycles. The first-order chi connectivity index (χ1) is 8.90. The van der Waals surface area contributed by atoms with Crippen LogP contribution in [0.4, 0.5) is 10.5 Å². The molecule has 106 valence electrons. The smallest absolute Gasteiger partial charge is 0.332 e. The summed E-state index contributed by atoms with van der Waals surface area (Å²) in [5, 5.41) is 26.5. The van der Waals surface area contributed by atoms with Crippen molar-refractivity contribution in [2.45, 2.75) is 32.4 Å². The molecule has 1 heterocycles. The largest absolute Gasteiger partial charge is 0.479 e. The third kappa shape index (κ3) is 4.96. The van der Waals surface area contributed by atoms with Crippen LogP contribution in [0.2, 0.25) is 0 Å². The standard InChI is InChI=1S/C11H18N4O4/c1-7(2)15-6-8(5-13-15)14-11(19)12-4-3-9(16)10(17)18/h5-7,9,16H,3-4H2,1-2H3,(H,17,18)(H2,12,14,19)/t9-/m0/s1. The molecule has 0 aliphatic carbocycles. The van der Waals surface area contributed by atoms with E-state index in [2.05, 4.69) is 15.7 Å². The van der Waals surface area contributed by atoms with Crippen molar-refractivity contribution in [2.75, 3.05) is 11.9 Å². The predicted molar refractivity (Wildman–Crippen MR) is 67.9 cm³/mol. The van der Waals surface area contributed by atoms with E-state index in [0.29, 0.717) is 5.69 Å². The van der Waals surface area contributed by atoms with Crippen molar-refractivity contribution in [3.05, 3.63) is 12.4 Å². The van der Waals surface area contributed by atoms with E-state index < -0.39 is 18.1 Å². The van der Waals surface area contributed by atoms with Crippen molar-refractivity contribution in [1.82, 2.24) is 15.1 Å². The summed E-state index contributed by atoms with van der Waals surface area (Å²) in [7, 11) is 0. The minimum absolute atomic E-state index is 0.0476. The van der Waals surface area contributed by atoms with Crippen molar-refractivity contribution in [3.63, 3.8) is 0 Å². The van der Waals surface area contributed by atoms with E-state index in [1.54, 1.807) is 10.9 Å². The zero-order valence-corrected chi connectivity index (χ0v) is 10.8. The maximum absolute atomic E-state index is 11.5. The number of aliphatic hydroxyl groups is 1. The maximum Gasteiger partial charge on any atom is 0.332 e. The molecule has 0 fully saturated rings. The highest BCUT2D eigenvalue weighted by atomic mass is 16.4. The minimum Gasteiger partial charge on any atom is -0.479 e. The van der Waals surface area contributed by atoms with Gasteiger partial charge in [0.15, 0.2) is 6.10 Å². The van der Waals surface area contributed by atoms with Gasteiger partial charge < -0.3 is 20.8 Å². The molecule has 0 saturated heterocycles. The number of aromatic nitrogens is 2. The van der Waals surface area contributed by atoms with Crippen molar-refractivity contribution >= 4 is 17.7 Å². The molecule has 4 N–H and O–H groups in total. The van der Waals surface area contributed by atoms with Gasteiger partial charge in [-0.2, -0.15) is 5.10 Å². The number of anilines is 1. The van der Waals surface area contributed by atoms with Crippen LogP contribution in [0, 0.1) is 0 Å². The summed E-state index contributed by atoms with van der Waals surface area (Å²) in [5.74, 6) is -1.31. The van der Waals surface area contributed by atoms with Gasteiger partial charge in [-0.25, -0.2) is 9.59 Å². The predicted octanol–water partition coefficient (Wildman–Crippen LogP) is 0.421. The number of carboxylic acids is 1. The number of amides is 2. The molecular weight excluding hydrogens is 252 g/mol. The lowest BCUT2D eigenvalue weighted by atomic mass is 10.2. The van der Waals surface area contributed by atoms with E-state index >= 15 is 0 Å². The number of aliphatic carboxylic acids is 1. The van der Waals surface area contributed by atoms with Gasteiger partial charge in [0, 0.05) is 25.2 Å². The SMILES string of the molecule is CC(C)n1cc(NC(=O)NCC[C@H](O)C(=O)O)cn1. The summed E-state index contributed by atoms with van der Waals surface area (Å²) in [4.78, 5) is 21.8. The fraction of sp³-hybridized carbons (Fsp3) is 0.545. The molecule has 1 aromatic heterocycles. The molecule has 8 heteroatoms. The Bertz CT molecular complexity index is 444. The number of carbonyl (C=O) groups is 2. The Morgan fingerprint density at radius 3 is 2.68 bits per heavy atom. The number of carbonyl (C=O) groups excluding carboxylic acids is 1. The number of nitrogens with one attached hydrogen (secondary N) is 2. The van der Waals surface area contributed by atoms with Gasteiger partial charge in [-0.15, -0.1) is 0 Å². The molecule has 0 aliphatic heterocycles. The van der Waals surface area contributed by atoms with Crippen LogP contribution in [0.15, 0.2) is 12.4 Å². The Labute approximate surface area is 110 Å². The van der Waals surface area contributed by atoms with Crippen molar-refractivity contribution in [1.29, 1.82) is 0 Å². The van der Waals surface area contributed by atoms with Gasteiger partial charge in [0.05, 0.1) is 11.9 Å². The van der Waals surface area contributed by atoms with Gasteiger partial charge in [-0.3, -0.25) is 4.68 Å². The molecule has 1 aromatic rings. The highest BCUT2D eigenvalue weighted by Gasteiger charge is 2.13. The molecule has 0 aromatic carbocycles. The van der Waals surface area contributed by atoms with E-state index in [0.717, 1.165) is 0 Å². The second-order valence-electron chi connectivity index (χ2n) is 4.33. The second-order valence-corrected chi connectivity index (χ2v) is 4.33. The van der Waals surface area contributed by atoms with E-state index in [1.165, 1.54) is 6.20 Å². The minimum atomic E-state index is -1.47. The van der Waals surface area contributed by atoms with Crippen LogP contribution in [-0.2, 0) is 4.79 Å². The number of rotatable bonds is 6. The highest BCUT2D eigenvalue weighted by molar-refractivity contribution is 5.88. The molecular formula is C11H18N4O4. The van der Waals surface area contributed by atoms with E-state index in [-0.39, 0.29) is 19.0 Å². The quantitative estimate of drug-likeness (QED) is 0.597. The molecule has 0 unspecified atom stereocenters. The first-order valence-electron chi connectivity index (χ1n) is 5.90. The van der Waals surface area contributed by atoms with E-state index in [9.17, 15) is 9.59 Å². The summed E-state index contributed by atoms with van der Waals surface area (Å²) >= 11 is 0. The topological polar surface area (TPSA) is 116 Å². The number of hydrogen-bond donors (Lipinski definition) is 4. The van der Waals surface area contributed by atoms with Gasteiger partial charge >= 0.3 is 12.0 Å². The molecule has 0 spiro atoms. The molecule has 2 amide bonds. The third-order valence-electron chi connectivity index (χ3n) is 2.38. The Kier molecular flexibility index (Phi) is 5.31. The van der Waals surface area contributed by atoms with E-state index in [4.69, 9.17) is 10.2 Å². The van der Waals surface area contributed by atoms with Crippen LogP contribution in [0.1, 0.15) is 26.3 Å². The van der Waals surface area contributed by atoms with Crippen molar-refractivity contribution in [2.24, 2.45) is 0 Å². The summed E-state index contributed by atoms with van der Waals surface area (Å²) in [5.41, 5.74) is 0.546. The summed E-state index contributed by atoms with van der Waals surface area (Å²) in [6, 6.07) is -0.273. The Hall–Kier alpha value is -2.09. The average Bonchev–Trinajstić information content (AvgIpc) is 2.77. The summed E-state index contributed by atoms with van der Waals surface area (Å²) < 4.78 is 1.70. The Balaban J connectivity index is 2.32. The molecule has 1 atom stereocenters. The van der Waals surface area contributed by atoms with Crippen molar-refractivity contribution in [3.8, 4) is 0 Å². The Morgan fingerprint density at radius 2 is 2.16 bits per heavy atom. The van der Waals surface area contributed by atoms with Crippen LogP contribution in [-0.4, -0.2) is 44.6 Å². The van der Waals surface area contributed by atoms with Gasteiger partial charge in [0.25, 0.3) is 0 Å². The van der Waals surface area contributed by atoms with Gasteiger partial charge in [-0.05, 0) is 13.8 Å². The maximum atomic E-state index is 11.5. The number of carboxylic acid groups (broad SMARTS) is 1. The number of urea groups is 1. The first-order valence-corrected chi connectivity index (χ1v) is 5.90. The summed E-state index contributed by atoms with van der Waals surface area (Å²) in [6.45, 7) is 3.99. The third-order valence-corrected chi connectivity index (χ3v) is 2.38. The first kappa shape index (κ1) is 15.0. The average molecular weight is 270 g/mol. The fourth-order valence-electron chi connectivity index (χ4n) is 1.31. The lowest BCUT2D eigenvalue weighted by Gasteiger charge is -2.08. The fourth-order valence-corrected chi connectivity index (χ4v) is 1.31. The van der Waals surface area contributed by atoms with Gasteiger partial charge in [0.2, 0.25) is 0 Å². The molecule has 1 rings (SSSR count). The van der Waals surface area contributed by atoms with Gasteiger partial charge in [0.1, 0.15) is 0 Å². The number of hydrogen-bond acceptors (Lipinski definition) is 4. The molecule has 0 radical (unpaired) electrons. The van der Waals surface area contributed by atoms with Crippen LogP contribution in [0.5, 0.6) is 0 Å². The number of aliphatic hydroxyl groups excluding tert-OH is 1. The van der Waals surface area contributed by atoms with E-state index in [1.807, 2.05) is 13.8 Å².